The maximum Gasteiger partial charge on any atom is 0.309 e. The second-order valence-electron chi connectivity index (χ2n) is 7.29. The standard InChI is InChI=1S/C18H32O4/c1-3-13-6-7-15(10-17(13)20)18(21)22-11-12-5-8-16(19)14(4-2)9-12/h12-17,19-20H,3-11H2,1-2H3. The molecule has 2 fully saturated rings. The van der Waals surface area contributed by atoms with Crippen molar-refractivity contribution in [2.45, 2.75) is 77.4 Å². The summed E-state index contributed by atoms with van der Waals surface area (Å²) in [4.78, 5) is 12.2. The summed E-state index contributed by atoms with van der Waals surface area (Å²) < 4.78 is 5.53. The molecule has 0 aromatic heterocycles. The number of aliphatic hydroxyl groups is 2. The quantitative estimate of drug-likeness (QED) is 0.766. The van der Waals surface area contributed by atoms with Crippen LogP contribution < -0.4 is 0 Å². The fourth-order valence-corrected chi connectivity index (χ4v) is 4.15. The fraction of sp³-hybridized carbons (Fsp3) is 0.944. The van der Waals surface area contributed by atoms with Crippen LogP contribution in [0.1, 0.15) is 65.2 Å². The van der Waals surface area contributed by atoms with Crippen LogP contribution in [-0.4, -0.2) is 35.0 Å². The van der Waals surface area contributed by atoms with Gasteiger partial charge in [0.25, 0.3) is 0 Å². The summed E-state index contributed by atoms with van der Waals surface area (Å²) in [6.07, 6.45) is 6.46. The summed E-state index contributed by atoms with van der Waals surface area (Å²) in [6, 6.07) is 0. The summed E-state index contributed by atoms with van der Waals surface area (Å²) in [7, 11) is 0. The summed E-state index contributed by atoms with van der Waals surface area (Å²) >= 11 is 0. The van der Waals surface area contributed by atoms with E-state index in [0.29, 0.717) is 30.8 Å². The van der Waals surface area contributed by atoms with Crippen molar-refractivity contribution in [2.24, 2.45) is 23.7 Å². The molecule has 2 aliphatic carbocycles. The smallest absolute Gasteiger partial charge is 0.309 e. The Morgan fingerprint density at radius 3 is 2.32 bits per heavy atom. The van der Waals surface area contributed by atoms with E-state index < -0.39 is 0 Å². The van der Waals surface area contributed by atoms with Crippen LogP contribution in [0, 0.1) is 23.7 Å². The van der Waals surface area contributed by atoms with E-state index in [4.69, 9.17) is 4.74 Å². The first-order valence-corrected chi connectivity index (χ1v) is 9.07. The minimum absolute atomic E-state index is 0.131. The van der Waals surface area contributed by atoms with E-state index in [1.165, 1.54) is 0 Å². The number of carbonyl (C=O) groups is 1. The lowest BCUT2D eigenvalue weighted by atomic mass is 9.78. The zero-order chi connectivity index (χ0) is 16.1. The predicted octanol–water partition coefficient (Wildman–Crippen LogP) is 2.90. The van der Waals surface area contributed by atoms with Gasteiger partial charge in [-0.25, -0.2) is 0 Å². The van der Waals surface area contributed by atoms with Gasteiger partial charge >= 0.3 is 5.97 Å². The number of rotatable bonds is 5. The third-order valence-corrected chi connectivity index (χ3v) is 5.85. The molecule has 6 atom stereocenters. The molecule has 2 aliphatic rings. The van der Waals surface area contributed by atoms with E-state index in [2.05, 4.69) is 13.8 Å². The first-order chi connectivity index (χ1) is 10.5. The van der Waals surface area contributed by atoms with Gasteiger partial charge in [-0.15, -0.1) is 0 Å². The SMILES string of the molecule is CCC1CCC(C(=O)OCC2CCC(O)C(CC)C2)CC1O. The number of hydrogen-bond donors (Lipinski definition) is 2. The Morgan fingerprint density at radius 2 is 1.68 bits per heavy atom. The molecule has 0 spiro atoms. The van der Waals surface area contributed by atoms with E-state index in [-0.39, 0.29) is 24.1 Å². The monoisotopic (exact) mass is 312 g/mol. The van der Waals surface area contributed by atoms with Crippen molar-refractivity contribution in [2.75, 3.05) is 6.61 Å². The average molecular weight is 312 g/mol. The molecule has 4 heteroatoms. The molecular formula is C18H32O4. The van der Waals surface area contributed by atoms with Crippen LogP contribution >= 0.6 is 0 Å². The molecule has 0 saturated heterocycles. The first kappa shape index (κ1) is 17.7. The van der Waals surface area contributed by atoms with Crippen molar-refractivity contribution in [3.05, 3.63) is 0 Å². The van der Waals surface area contributed by atoms with Crippen molar-refractivity contribution in [3.8, 4) is 0 Å². The van der Waals surface area contributed by atoms with Crippen molar-refractivity contribution in [1.29, 1.82) is 0 Å². The largest absolute Gasteiger partial charge is 0.465 e. The van der Waals surface area contributed by atoms with Gasteiger partial charge in [-0.05, 0) is 56.3 Å². The summed E-state index contributed by atoms with van der Waals surface area (Å²) in [5.74, 6) is 0.810. The van der Waals surface area contributed by atoms with Gasteiger partial charge in [0, 0.05) is 0 Å². The maximum atomic E-state index is 12.2. The molecular weight excluding hydrogens is 280 g/mol. The topological polar surface area (TPSA) is 66.8 Å². The van der Waals surface area contributed by atoms with Crippen LogP contribution in [0.5, 0.6) is 0 Å². The van der Waals surface area contributed by atoms with Crippen LogP contribution in [0.25, 0.3) is 0 Å². The highest BCUT2D eigenvalue weighted by Crippen LogP contribution is 2.34. The third kappa shape index (κ3) is 4.45. The van der Waals surface area contributed by atoms with Gasteiger partial charge in [-0.2, -0.15) is 0 Å². The summed E-state index contributed by atoms with van der Waals surface area (Å²) in [5, 5.41) is 20.0. The molecule has 0 aliphatic heterocycles. The predicted molar refractivity (Wildman–Crippen MR) is 85.2 cm³/mol. The van der Waals surface area contributed by atoms with Gasteiger partial charge in [0.1, 0.15) is 0 Å². The maximum absolute atomic E-state index is 12.2. The molecule has 2 N–H and O–H groups in total. The molecule has 0 bridgehead atoms. The Labute approximate surface area is 134 Å². The average Bonchev–Trinajstić information content (AvgIpc) is 2.53. The van der Waals surface area contributed by atoms with Gasteiger partial charge in [0.15, 0.2) is 0 Å². The fourth-order valence-electron chi connectivity index (χ4n) is 4.15. The molecule has 0 heterocycles. The summed E-state index contributed by atoms with van der Waals surface area (Å²) in [5.41, 5.74) is 0. The molecule has 0 radical (unpaired) electrons. The zero-order valence-electron chi connectivity index (χ0n) is 14.0. The Bertz CT molecular complexity index is 357. The molecule has 2 saturated carbocycles. The van der Waals surface area contributed by atoms with Gasteiger partial charge < -0.3 is 14.9 Å². The van der Waals surface area contributed by atoms with E-state index in [1.807, 2.05) is 0 Å². The van der Waals surface area contributed by atoms with Crippen LogP contribution in [0.3, 0.4) is 0 Å². The molecule has 0 amide bonds. The number of aliphatic hydroxyl groups excluding tert-OH is 2. The second kappa shape index (κ2) is 8.30. The summed E-state index contributed by atoms with van der Waals surface area (Å²) in [6.45, 7) is 4.68. The highest BCUT2D eigenvalue weighted by atomic mass is 16.5. The lowest BCUT2D eigenvalue weighted by Crippen LogP contribution is -2.35. The normalized spacial score (nSPS) is 39.5. The van der Waals surface area contributed by atoms with Gasteiger partial charge in [0.2, 0.25) is 0 Å². The number of ether oxygens (including phenoxy) is 1. The Kier molecular flexibility index (Phi) is 6.69. The van der Waals surface area contributed by atoms with E-state index >= 15 is 0 Å². The van der Waals surface area contributed by atoms with Crippen LogP contribution in [-0.2, 0) is 9.53 Å². The van der Waals surface area contributed by atoms with Crippen LogP contribution in [0.15, 0.2) is 0 Å². The molecule has 22 heavy (non-hydrogen) atoms. The molecule has 0 aromatic rings. The highest BCUT2D eigenvalue weighted by molar-refractivity contribution is 5.72. The van der Waals surface area contributed by atoms with E-state index in [9.17, 15) is 15.0 Å². The molecule has 4 nitrogen and oxygen atoms in total. The molecule has 6 unspecified atom stereocenters. The van der Waals surface area contributed by atoms with Gasteiger partial charge in [-0.3, -0.25) is 4.79 Å². The lowest BCUT2D eigenvalue weighted by Gasteiger charge is -2.34. The van der Waals surface area contributed by atoms with Crippen molar-refractivity contribution < 1.29 is 19.7 Å². The molecule has 2 rings (SSSR count). The van der Waals surface area contributed by atoms with Crippen molar-refractivity contribution in [3.63, 3.8) is 0 Å². The number of esters is 1. The minimum Gasteiger partial charge on any atom is -0.465 e. The van der Waals surface area contributed by atoms with Crippen LogP contribution in [0.2, 0.25) is 0 Å². The minimum atomic E-state index is -0.356. The molecule has 0 aromatic carbocycles. The molecule has 128 valence electrons. The Balaban J connectivity index is 1.74. The van der Waals surface area contributed by atoms with Crippen LogP contribution in [0.4, 0.5) is 0 Å². The van der Waals surface area contributed by atoms with Crippen molar-refractivity contribution in [1.82, 2.24) is 0 Å². The third-order valence-electron chi connectivity index (χ3n) is 5.85. The number of carbonyl (C=O) groups excluding carboxylic acids is 1. The Hall–Kier alpha value is -0.610. The van der Waals surface area contributed by atoms with Crippen molar-refractivity contribution >= 4 is 5.97 Å². The number of hydrogen-bond acceptors (Lipinski definition) is 4. The second-order valence-corrected chi connectivity index (χ2v) is 7.29. The lowest BCUT2D eigenvalue weighted by molar-refractivity contribution is -0.154. The zero-order valence-corrected chi connectivity index (χ0v) is 14.0. The highest BCUT2D eigenvalue weighted by Gasteiger charge is 2.34. The first-order valence-electron chi connectivity index (χ1n) is 9.07. The Morgan fingerprint density at radius 1 is 0.955 bits per heavy atom. The van der Waals surface area contributed by atoms with Gasteiger partial charge in [-0.1, -0.05) is 26.7 Å². The van der Waals surface area contributed by atoms with E-state index in [1.54, 1.807) is 0 Å². The van der Waals surface area contributed by atoms with Gasteiger partial charge in [0.05, 0.1) is 24.7 Å². The van der Waals surface area contributed by atoms with E-state index in [0.717, 1.165) is 44.9 Å².